The number of nitrogens with zero attached hydrogens (tertiary/aromatic N) is 3. The van der Waals surface area contributed by atoms with Crippen LogP contribution in [0.5, 0.6) is 0 Å². The molecule has 5 aromatic rings. The molecular weight excluding hydrogens is 872 g/mol. The predicted molar refractivity (Wildman–Crippen MR) is 253 cm³/mol. The van der Waals surface area contributed by atoms with E-state index in [0.29, 0.717) is 46.6 Å². The SMILES string of the molecule is CCCCCCCCCCCCS(=O)(=O)c1ccc(NC(=O)C(OC(=O)N(c2ccc(/C=C(\C#N)c3nc4ccccc4o3)c(C)c2)C2CCCC2)C(=O)c2ccc(Cl)cc2)c(Cl)c1. The van der Waals surface area contributed by atoms with E-state index in [2.05, 4.69) is 23.3 Å². The lowest BCUT2D eigenvalue weighted by atomic mass is 10.0. The van der Waals surface area contributed by atoms with Crippen molar-refractivity contribution in [3.05, 3.63) is 118 Å². The maximum atomic E-state index is 14.4. The fourth-order valence-corrected chi connectivity index (χ4v) is 9.73. The van der Waals surface area contributed by atoms with Crippen molar-refractivity contribution in [2.45, 2.75) is 121 Å². The van der Waals surface area contributed by atoms with E-state index in [1.165, 1.54) is 79.5 Å². The molecule has 0 aliphatic heterocycles. The van der Waals surface area contributed by atoms with Gasteiger partial charge >= 0.3 is 6.09 Å². The number of fused-ring (bicyclic) bond motifs is 1. The molecule has 1 unspecified atom stereocenters. The number of nitrogens with one attached hydrogen (secondary N) is 1. The zero-order chi connectivity index (χ0) is 45.6. The van der Waals surface area contributed by atoms with E-state index < -0.39 is 33.7 Å². The van der Waals surface area contributed by atoms with E-state index in [1.807, 2.05) is 19.1 Å². The summed E-state index contributed by atoms with van der Waals surface area (Å²) >= 11 is 12.7. The second kappa shape index (κ2) is 22.9. The number of unbranched alkanes of at least 4 members (excludes halogenated alkanes) is 9. The van der Waals surface area contributed by atoms with Crippen molar-refractivity contribution < 1.29 is 32.0 Å². The average Bonchev–Trinajstić information content (AvgIpc) is 3.98. The van der Waals surface area contributed by atoms with E-state index in [4.69, 9.17) is 32.4 Å². The molecule has 1 aliphatic rings. The number of ether oxygens (including phenoxy) is 1. The number of aryl methyl sites for hydroxylation is 1. The number of oxazole rings is 1. The van der Waals surface area contributed by atoms with E-state index in [9.17, 15) is 28.1 Å². The lowest BCUT2D eigenvalue weighted by Crippen LogP contribution is -2.46. The van der Waals surface area contributed by atoms with Gasteiger partial charge in [0.1, 0.15) is 17.2 Å². The largest absolute Gasteiger partial charge is 0.435 e. The van der Waals surface area contributed by atoms with Gasteiger partial charge in [-0.2, -0.15) is 5.26 Å². The molecule has 14 heteroatoms. The fraction of sp³-hybridized carbons (Fsp3) is 0.380. The number of rotatable bonds is 21. The predicted octanol–water partition coefficient (Wildman–Crippen LogP) is 13.0. The number of allylic oxidation sites excluding steroid dienone is 1. The highest BCUT2D eigenvalue weighted by atomic mass is 35.5. The third-order valence-electron chi connectivity index (χ3n) is 11.5. The average molecular weight is 926 g/mol. The summed E-state index contributed by atoms with van der Waals surface area (Å²) in [5.74, 6) is -1.64. The molecule has 6 rings (SSSR count). The van der Waals surface area contributed by atoms with Gasteiger partial charge in [0.2, 0.25) is 17.8 Å². The minimum absolute atomic E-state index is 0.0192. The number of aromatic nitrogens is 1. The number of nitriles is 1. The van der Waals surface area contributed by atoms with Crippen molar-refractivity contribution in [3.8, 4) is 6.07 Å². The number of sulfone groups is 1. The van der Waals surface area contributed by atoms with Crippen molar-refractivity contribution in [1.29, 1.82) is 5.26 Å². The van der Waals surface area contributed by atoms with Crippen LogP contribution in [0, 0.1) is 18.3 Å². The molecule has 1 heterocycles. The van der Waals surface area contributed by atoms with Crippen LogP contribution < -0.4 is 10.2 Å². The van der Waals surface area contributed by atoms with Gasteiger partial charge in [-0.15, -0.1) is 0 Å². The van der Waals surface area contributed by atoms with Crippen molar-refractivity contribution in [3.63, 3.8) is 0 Å². The summed E-state index contributed by atoms with van der Waals surface area (Å²) in [6.45, 7) is 4.04. The minimum atomic E-state index is -3.66. The number of halogens is 2. The number of carbonyl (C=O) groups is 3. The molecule has 11 nitrogen and oxygen atoms in total. The Morgan fingerprint density at radius 2 is 1.58 bits per heavy atom. The summed E-state index contributed by atoms with van der Waals surface area (Å²) in [6.07, 6.45) is 12.6. The summed E-state index contributed by atoms with van der Waals surface area (Å²) in [5.41, 5.74) is 3.40. The second-order valence-electron chi connectivity index (χ2n) is 16.3. The van der Waals surface area contributed by atoms with Gasteiger partial charge in [-0.05, 0) is 110 Å². The number of carbonyl (C=O) groups excluding carboxylic acids is 3. The van der Waals surface area contributed by atoms with Crippen LogP contribution in [0.2, 0.25) is 10.0 Å². The van der Waals surface area contributed by atoms with Crippen LogP contribution in [0.4, 0.5) is 16.2 Å². The summed E-state index contributed by atoms with van der Waals surface area (Å²) in [6, 6.07) is 24.2. The quantitative estimate of drug-likeness (QED) is 0.0327. The number of para-hydroxylation sites is 2. The summed E-state index contributed by atoms with van der Waals surface area (Å²) in [7, 11) is -3.66. The Morgan fingerprint density at radius 3 is 2.22 bits per heavy atom. The van der Waals surface area contributed by atoms with Gasteiger partial charge in [0.25, 0.3) is 5.91 Å². The van der Waals surface area contributed by atoms with E-state index in [1.54, 1.807) is 36.4 Å². The molecular formula is C50H54Cl2N4O7S. The molecule has 2 amide bonds. The number of hydrogen-bond acceptors (Lipinski definition) is 9. The maximum absolute atomic E-state index is 14.4. The number of amides is 2. The molecule has 1 N–H and O–H groups in total. The molecule has 1 fully saturated rings. The topological polar surface area (TPSA) is 160 Å². The number of hydrogen-bond donors (Lipinski definition) is 1. The van der Waals surface area contributed by atoms with Gasteiger partial charge in [0.15, 0.2) is 15.4 Å². The Balaban J connectivity index is 1.18. The molecule has 336 valence electrons. The zero-order valence-electron chi connectivity index (χ0n) is 36.3. The highest BCUT2D eigenvalue weighted by Crippen LogP contribution is 2.33. The van der Waals surface area contributed by atoms with Crippen LogP contribution in [0.25, 0.3) is 22.7 Å². The van der Waals surface area contributed by atoms with Gasteiger partial charge in [-0.25, -0.2) is 18.2 Å². The van der Waals surface area contributed by atoms with Crippen molar-refractivity contribution in [2.75, 3.05) is 16.0 Å². The molecule has 0 bridgehead atoms. The first-order chi connectivity index (χ1) is 30.9. The fourth-order valence-electron chi connectivity index (χ4n) is 7.92. The lowest BCUT2D eigenvalue weighted by Gasteiger charge is -2.30. The summed E-state index contributed by atoms with van der Waals surface area (Å²) in [5, 5.41) is 12.9. The third kappa shape index (κ3) is 12.6. The molecule has 0 spiro atoms. The van der Waals surface area contributed by atoms with Gasteiger partial charge in [-0.3, -0.25) is 14.5 Å². The Bertz CT molecular complexity index is 2580. The summed E-state index contributed by atoms with van der Waals surface area (Å²) < 4.78 is 38.2. The Morgan fingerprint density at radius 1 is 0.906 bits per heavy atom. The molecule has 0 saturated heterocycles. The first-order valence-electron chi connectivity index (χ1n) is 22.1. The number of benzene rings is 4. The number of anilines is 2. The molecule has 1 atom stereocenters. The monoisotopic (exact) mass is 924 g/mol. The molecule has 1 aliphatic carbocycles. The van der Waals surface area contributed by atoms with Gasteiger partial charge in [0, 0.05) is 22.3 Å². The Hall–Kier alpha value is -5.48. The molecule has 4 aromatic carbocycles. The molecule has 64 heavy (non-hydrogen) atoms. The zero-order valence-corrected chi connectivity index (χ0v) is 38.6. The van der Waals surface area contributed by atoms with Gasteiger partial charge < -0.3 is 14.5 Å². The highest BCUT2D eigenvalue weighted by Gasteiger charge is 2.37. The minimum Gasteiger partial charge on any atom is -0.435 e. The van der Waals surface area contributed by atoms with Gasteiger partial charge in [0.05, 0.1) is 21.4 Å². The van der Waals surface area contributed by atoms with E-state index in [0.717, 1.165) is 44.1 Å². The van der Waals surface area contributed by atoms with Crippen LogP contribution in [0.3, 0.4) is 0 Å². The normalized spacial score (nSPS) is 13.7. The smallest absolute Gasteiger partial charge is 0.415 e. The van der Waals surface area contributed by atoms with Crippen LogP contribution in [0.1, 0.15) is 124 Å². The molecule has 1 saturated carbocycles. The third-order valence-corrected chi connectivity index (χ3v) is 13.9. The Kier molecular flexibility index (Phi) is 17.2. The first-order valence-corrected chi connectivity index (χ1v) is 24.5. The van der Waals surface area contributed by atoms with Crippen LogP contribution in [0.15, 0.2) is 94.2 Å². The van der Waals surface area contributed by atoms with Crippen LogP contribution >= 0.6 is 23.2 Å². The number of Topliss-reactive ketones (excluding diaryl/α,β-unsaturated/α-hetero) is 1. The van der Waals surface area contributed by atoms with Gasteiger partial charge in [-0.1, -0.05) is 119 Å². The Labute approximate surface area is 385 Å². The lowest BCUT2D eigenvalue weighted by molar-refractivity contribution is -0.122. The van der Waals surface area contributed by atoms with Crippen molar-refractivity contribution in [2.24, 2.45) is 0 Å². The maximum Gasteiger partial charge on any atom is 0.415 e. The molecule has 1 aromatic heterocycles. The highest BCUT2D eigenvalue weighted by molar-refractivity contribution is 7.91. The van der Waals surface area contributed by atoms with Crippen LogP contribution in [-0.4, -0.2) is 49.1 Å². The number of ketones is 1. The summed E-state index contributed by atoms with van der Waals surface area (Å²) in [4.78, 5) is 48.5. The standard InChI is InChI=1S/C50H54Cl2N4O7S/c1-3-4-5-6-7-8-9-10-11-16-29-64(60,61)41-27-28-43(42(52)32-41)54-48(58)47(46(57)35-21-24-38(51)25-22-35)63-50(59)56(39-17-12-13-18-39)40-26-23-36(34(2)30-40)31-37(33-53)49-55-44-19-14-15-20-45(44)62-49/h14-15,19-28,30-32,39,47H,3-13,16-18,29H2,1-2H3,(H,54,58)/b37-31+. The first kappa shape index (κ1) is 48.0. The van der Waals surface area contributed by atoms with Crippen LogP contribution in [-0.2, 0) is 19.4 Å². The van der Waals surface area contributed by atoms with Crippen molar-refractivity contribution in [1.82, 2.24) is 4.98 Å². The van der Waals surface area contributed by atoms with E-state index in [-0.39, 0.29) is 44.4 Å². The second-order valence-corrected chi connectivity index (χ2v) is 19.2. The van der Waals surface area contributed by atoms with Crippen molar-refractivity contribution >= 4 is 84.9 Å². The van der Waals surface area contributed by atoms with E-state index >= 15 is 0 Å². The molecule has 0 radical (unpaired) electrons.